The minimum Gasteiger partial charge on any atom is -0.440 e. The Balaban J connectivity index is 1.78. The lowest BCUT2D eigenvalue weighted by atomic mass is 9.82. The molecule has 3 heterocycles. The summed E-state index contributed by atoms with van der Waals surface area (Å²) in [6.45, 7) is 12.3. The molecule has 0 amide bonds. The second-order valence-corrected chi connectivity index (χ2v) is 10.7. The molecule has 0 saturated carbocycles. The van der Waals surface area contributed by atoms with E-state index in [1.54, 1.807) is 6.07 Å². The van der Waals surface area contributed by atoms with E-state index < -0.39 is 0 Å². The Kier molecular flexibility index (Phi) is 6.29. The molecule has 3 aromatic rings. The number of benzene rings is 1. The van der Waals surface area contributed by atoms with Gasteiger partial charge in [-0.25, -0.2) is 4.98 Å². The Morgan fingerprint density at radius 1 is 1.22 bits per heavy atom. The highest BCUT2D eigenvalue weighted by Gasteiger charge is 2.28. The number of hydrogen-bond acceptors (Lipinski definition) is 5. The number of aromatic nitrogens is 1. The van der Waals surface area contributed by atoms with Crippen LogP contribution < -0.4 is 15.6 Å². The monoisotopic (exact) mass is 517 g/mol. The van der Waals surface area contributed by atoms with E-state index in [2.05, 4.69) is 58.0 Å². The van der Waals surface area contributed by atoms with Crippen molar-refractivity contribution >= 4 is 50.1 Å². The van der Waals surface area contributed by atoms with E-state index >= 15 is 0 Å². The van der Waals surface area contributed by atoms with Gasteiger partial charge >= 0.3 is 0 Å². The van der Waals surface area contributed by atoms with Gasteiger partial charge in [0.2, 0.25) is 5.88 Å². The maximum atomic E-state index is 13.4. The summed E-state index contributed by atoms with van der Waals surface area (Å²) in [5.74, 6) is 0.699. The molecule has 0 bridgehead atoms. The van der Waals surface area contributed by atoms with Crippen LogP contribution in [0, 0.1) is 19.3 Å². The summed E-state index contributed by atoms with van der Waals surface area (Å²) in [6.07, 6.45) is 2.15. The summed E-state index contributed by atoms with van der Waals surface area (Å²) in [5, 5.41) is 4.52. The largest absolute Gasteiger partial charge is 0.440 e. The molecule has 1 aromatic carbocycles. The number of halogens is 2. The fourth-order valence-corrected chi connectivity index (χ4v) is 5.01. The standard InChI is InChI=1S/C25H29BrClN3O2/c1-14-12-17(16(3)28-19-6-7-20(27)29-23(19)26)22-18(13-14)21(31)15(2)24(32-22)30-10-8-25(4,5)9-11-30/h6-7,12-13,16,28H,8-11H2,1-5H3/t16-/m1/s1. The van der Waals surface area contributed by atoms with Crippen molar-refractivity contribution in [3.8, 4) is 0 Å². The number of pyridine rings is 1. The van der Waals surface area contributed by atoms with Crippen molar-refractivity contribution in [1.29, 1.82) is 0 Å². The summed E-state index contributed by atoms with van der Waals surface area (Å²) in [5.41, 5.74) is 4.47. The maximum absolute atomic E-state index is 13.4. The maximum Gasteiger partial charge on any atom is 0.202 e. The van der Waals surface area contributed by atoms with Gasteiger partial charge in [0, 0.05) is 18.7 Å². The van der Waals surface area contributed by atoms with Crippen molar-refractivity contribution in [3.63, 3.8) is 0 Å². The summed E-state index contributed by atoms with van der Waals surface area (Å²) in [7, 11) is 0. The smallest absolute Gasteiger partial charge is 0.202 e. The Morgan fingerprint density at radius 2 is 1.91 bits per heavy atom. The van der Waals surface area contributed by atoms with Crippen molar-refractivity contribution in [2.24, 2.45) is 5.41 Å². The van der Waals surface area contributed by atoms with Crippen molar-refractivity contribution in [3.05, 3.63) is 60.9 Å². The number of rotatable bonds is 4. The van der Waals surface area contributed by atoms with Crippen molar-refractivity contribution in [2.45, 2.75) is 53.5 Å². The Bertz CT molecular complexity index is 1230. The summed E-state index contributed by atoms with van der Waals surface area (Å²) < 4.78 is 7.15. The third kappa shape index (κ3) is 4.53. The first-order chi connectivity index (χ1) is 15.1. The number of nitrogens with one attached hydrogen (secondary N) is 1. The molecular weight excluding hydrogens is 490 g/mol. The van der Waals surface area contributed by atoms with Crippen molar-refractivity contribution < 1.29 is 4.42 Å². The Morgan fingerprint density at radius 3 is 2.56 bits per heavy atom. The Hall–Kier alpha value is -2.05. The average Bonchev–Trinajstić information content (AvgIpc) is 2.73. The minimum atomic E-state index is -0.115. The van der Waals surface area contributed by atoms with Crippen LogP contribution >= 0.6 is 27.5 Å². The van der Waals surface area contributed by atoms with Crippen LogP contribution in [0.25, 0.3) is 11.0 Å². The first-order valence-corrected chi connectivity index (χ1v) is 12.1. The van der Waals surface area contributed by atoms with E-state index in [9.17, 15) is 4.79 Å². The second-order valence-electron chi connectivity index (χ2n) is 9.58. The molecule has 32 heavy (non-hydrogen) atoms. The molecule has 1 aliphatic rings. The molecule has 2 aromatic heterocycles. The molecule has 170 valence electrons. The normalized spacial score (nSPS) is 16.9. The molecule has 1 atom stereocenters. The molecule has 1 N–H and O–H groups in total. The zero-order valence-corrected chi connectivity index (χ0v) is 21.5. The number of nitrogens with zero attached hydrogens (tertiary/aromatic N) is 2. The molecule has 1 aliphatic heterocycles. The van der Waals surface area contributed by atoms with E-state index in [0.717, 1.165) is 42.7 Å². The van der Waals surface area contributed by atoms with Gasteiger partial charge in [0.25, 0.3) is 0 Å². The van der Waals surface area contributed by atoms with E-state index in [-0.39, 0.29) is 11.5 Å². The highest BCUT2D eigenvalue weighted by Crippen LogP contribution is 2.36. The molecule has 0 aliphatic carbocycles. The van der Waals surface area contributed by atoms with Crippen molar-refractivity contribution in [2.75, 3.05) is 23.3 Å². The lowest BCUT2D eigenvalue weighted by Crippen LogP contribution is -2.38. The van der Waals surface area contributed by atoms with Gasteiger partial charge in [-0.15, -0.1) is 0 Å². The van der Waals surface area contributed by atoms with Crippen LogP contribution in [-0.4, -0.2) is 18.1 Å². The number of aryl methyl sites for hydroxylation is 1. The molecule has 5 nitrogen and oxygen atoms in total. The molecule has 4 rings (SSSR count). The number of fused-ring (bicyclic) bond motifs is 1. The van der Waals surface area contributed by atoms with Crippen LogP contribution in [0.3, 0.4) is 0 Å². The molecule has 0 unspecified atom stereocenters. The highest BCUT2D eigenvalue weighted by molar-refractivity contribution is 9.10. The third-order valence-corrected chi connectivity index (χ3v) is 7.24. The number of hydrogen-bond donors (Lipinski definition) is 1. The molecular formula is C25H29BrClN3O2. The predicted octanol–water partition coefficient (Wildman–Crippen LogP) is 7.02. The topological polar surface area (TPSA) is 58.4 Å². The van der Waals surface area contributed by atoms with Gasteiger partial charge in [-0.3, -0.25) is 4.79 Å². The van der Waals surface area contributed by atoms with Gasteiger partial charge in [-0.1, -0.05) is 31.5 Å². The van der Waals surface area contributed by atoms with Gasteiger partial charge in [0.1, 0.15) is 15.3 Å². The quantitative estimate of drug-likeness (QED) is 0.376. The molecule has 7 heteroatoms. The van der Waals surface area contributed by atoms with E-state index in [1.807, 2.05) is 26.0 Å². The summed E-state index contributed by atoms with van der Waals surface area (Å²) in [6, 6.07) is 7.52. The van der Waals surface area contributed by atoms with Crippen LogP contribution in [0.15, 0.2) is 38.1 Å². The fraction of sp³-hybridized carbons (Fsp3) is 0.440. The first kappa shape index (κ1) is 23.1. The molecule has 0 radical (unpaired) electrons. The minimum absolute atomic E-state index is 0.0394. The van der Waals surface area contributed by atoms with Crippen LogP contribution in [0.1, 0.15) is 56.3 Å². The SMILES string of the molecule is Cc1cc([C@@H](C)Nc2ccc(Cl)nc2Br)c2oc(N3CCC(C)(C)CC3)c(C)c(=O)c2c1. The third-order valence-electron chi connectivity index (χ3n) is 6.42. The summed E-state index contributed by atoms with van der Waals surface area (Å²) >= 11 is 9.46. The lowest BCUT2D eigenvalue weighted by Gasteiger charge is -2.37. The predicted molar refractivity (Wildman–Crippen MR) is 136 cm³/mol. The van der Waals surface area contributed by atoms with Crippen LogP contribution in [0.2, 0.25) is 5.15 Å². The van der Waals surface area contributed by atoms with Gasteiger partial charge in [0.05, 0.1) is 22.7 Å². The lowest BCUT2D eigenvalue weighted by molar-refractivity contribution is 0.274. The molecule has 1 saturated heterocycles. The zero-order valence-electron chi connectivity index (χ0n) is 19.2. The van der Waals surface area contributed by atoms with E-state index in [0.29, 0.717) is 37.6 Å². The van der Waals surface area contributed by atoms with E-state index in [4.69, 9.17) is 16.0 Å². The number of anilines is 2. The number of piperidine rings is 1. The first-order valence-electron chi connectivity index (χ1n) is 11.0. The van der Waals surface area contributed by atoms with Gasteiger partial charge in [0.15, 0.2) is 5.43 Å². The fourth-order valence-electron chi connectivity index (χ4n) is 4.33. The molecule has 0 spiro atoms. The molecule has 1 fully saturated rings. The van der Waals surface area contributed by atoms with Gasteiger partial charge in [-0.05, 0) is 78.7 Å². The average molecular weight is 519 g/mol. The van der Waals surface area contributed by atoms with Gasteiger partial charge < -0.3 is 14.6 Å². The van der Waals surface area contributed by atoms with Crippen LogP contribution in [0.4, 0.5) is 11.6 Å². The zero-order chi connectivity index (χ0) is 23.2. The second kappa shape index (κ2) is 8.71. The van der Waals surface area contributed by atoms with Crippen molar-refractivity contribution in [1.82, 2.24) is 4.98 Å². The van der Waals surface area contributed by atoms with Crippen LogP contribution in [-0.2, 0) is 0 Å². The van der Waals surface area contributed by atoms with E-state index in [1.165, 1.54) is 0 Å². The highest BCUT2D eigenvalue weighted by atomic mass is 79.9. The van der Waals surface area contributed by atoms with Crippen LogP contribution in [0.5, 0.6) is 0 Å². The van der Waals surface area contributed by atoms with Gasteiger partial charge in [-0.2, -0.15) is 0 Å². The summed E-state index contributed by atoms with van der Waals surface area (Å²) in [4.78, 5) is 19.8. The Labute approximate surface area is 202 Å².